The summed E-state index contributed by atoms with van der Waals surface area (Å²) in [7, 11) is 1.54. The molecule has 16 heavy (non-hydrogen) atoms. The van der Waals surface area contributed by atoms with E-state index in [9.17, 15) is 9.59 Å². The van der Waals surface area contributed by atoms with Crippen molar-refractivity contribution in [2.75, 3.05) is 13.6 Å². The number of hydrogen-bond acceptors (Lipinski definition) is 3. The van der Waals surface area contributed by atoms with Gasteiger partial charge < -0.3 is 16.4 Å². The predicted molar refractivity (Wildman–Crippen MR) is 61.6 cm³/mol. The summed E-state index contributed by atoms with van der Waals surface area (Å²) in [6.07, 6.45) is 2.94. The van der Waals surface area contributed by atoms with Gasteiger partial charge in [0.1, 0.15) is 0 Å². The summed E-state index contributed by atoms with van der Waals surface area (Å²) < 4.78 is 0. The number of likely N-dealkylation sites (N-methyl/N-ethyl adjacent to an activating group) is 1. The maximum absolute atomic E-state index is 11.8. The summed E-state index contributed by atoms with van der Waals surface area (Å²) in [4.78, 5) is 22.8. The molecular formula is C11H21N3O2. The Morgan fingerprint density at radius 3 is 2.69 bits per heavy atom. The highest BCUT2D eigenvalue weighted by Crippen LogP contribution is 2.27. The van der Waals surface area contributed by atoms with Crippen molar-refractivity contribution < 1.29 is 9.59 Å². The molecule has 1 aliphatic carbocycles. The quantitative estimate of drug-likeness (QED) is 0.614. The minimum atomic E-state index is -0.189. The van der Waals surface area contributed by atoms with Gasteiger partial charge in [-0.1, -0.05) is 13.3 Å². The number of rotatable bonds is 3. The molecule has 0 aromatic rings. The van der Waals surface area contributed by atoms with Gasteiger partial charge in [0.05, 0.1) is 12.5 Å². The van der Waals surface area contributed by atoms with Gasteiger partial charge in [0, 0.05) is 13.1 Å². The first-order chi connectivity index (χ1) is 7.56. The number of nitrogens with two attached hydrogens (primary N) is 1. The van der Waals surface area contributed by atoms with E-state index >= 15 is 0 Å². The van der Waals surface area contributed by atoms with Crippen LogP contribution >= 0.6 is 0 Å². The lowest BCUT2D eigenvalue weighted by molar-refractivity contribution is -0.129. The van der Waals surface area contributed by atoms with Gasteiger partial charge in [0.25, 0.3) is 0 Å². The Bertz CT molecular complexity index is 268. The second kappa shape index (κ2) is 5.84. The highest BCUT2D eigenvalue weighted by atomic mass is 16.2. The van der Waals surface area contributed by atoms with Gasteiger partial charge in [-0.15, -0.1) is 0 Å². The van der Waals surface area contributed by atoms with Crippen molar-refractivity contribution in [3.63, 3.8) is 0 Å². The van der Waals surface area contributed by atoms with Gasteiger partial charge in [0.2, 0.25) is 11.8 Å². The zero-order valence-electron chi connectivity index (χ0n) is 9.95. The van der Waals surface area contributed by atoms with Crippen LogP contribution in [0.5, 0.6) is 0 Å². The van der Waals surface area contributed by atoms with Crippen LogP contribution in [0, 0.1) is 11.8 Å². The normalized spacial score (nSPS) is 29.6. The molecule has 0 bridgehead atoms. The number of carbonyl (C=O) groups excluding carboxylic acids is 2. The van der Waals surface area contributed by atoms with E-state index in [0.29, 0.717) is 5.92 Å². The van der Waals surface area contributed by atoms with Crippen molar-refractivity contribution in [1.82, 2.24) is 10.6 Å². The van der Waals surface area contributed by atoms with E-state index in [-0.39, 0.29) is 30.3 Å². The second-order valence-electron chi connectivity index (χ2n) is 4.48. The van der Waals surface area contributed by atoms with Crippen molar-refractivity contribution >= 4 is 11.8 Å². The zero-order chi connectivity index (χ0) is 12.1. The smallest absolute Gasteiger partial charge is 0.239 e. The van der Waals surface area contributed by atoms with E-state index in [1.165, 1.54) is 0 Å². The Hall–Kier alpha value is -1.10. The third-order valence-corrected chi connectivity index (χ3v) is 3.34. The first-order valence-corrected chi connectivity index (χ1v) is 5.80. The molecule has 5 heteroatoms. The first kappa shape index (κ1) is 13.0. The molecule has 0 aromatic heterocycles. The van der Waals surface area contributed by atoms with Crippen molar-refractivity contribution in [2.45, 2.75) is 32.2 Å². The molecule has 0 heterocycles. The van der Waals surface area contributed by atoms with Crippen molar-refractivity contribution in [2.24, 2.45) is 17.6 Å². The lowest BCUT2D eigenvalue weighted by atomic mass is 9.78. The standard InChI is InChI=1S/C11H21N3O2/c1-7-4-3-5-8(10(7)12)11(16)14-6-9(15)13-2/h7-8,10H,3-6,12H2,1-2H3,(H,13,15)(H,14,16). The fourth-order valence-corrected chi connectivity index (χ4v) is 2.13. The van der Waals surface area contributed by atoms with Crippen LogP contribution < -0.4 is 16.4 Å². The van der Waals surface area contributed by atoms with Gasteiger partial charge >= 0.3 is 0 Å². The Labute approximate surface area is 96.1 Å². The van der Waals surface area contributed by atoms with Crippen LogP contribution in [0.2, 0.25) is 0 Å². The fourth-order valence-electron chi connectivity index (χ4n) is 2.13. The Kier molecular flexibility index (Phi) is 4.73. The summed E-state index contributed by atoms with van der Waals surface area (Å²) in [5, 5.41) is 5.08. The summed E-state index contributed by atoms with van der Waals surface area (Å²) in [6.45, 7) is 2.11. The average molecular weight is 227 g/mol. The third-order valence-electron chi connectivity index (χ3n) is 3.34. The summed E-state index contributed by atoms with van der Waals surface area (Å²) >= 11 is 0. The van der Waals surface area contributed by atoms with Crippen molar-refractivity contribution in [3.05, 3.63) is 0 Å². The Balaban J connectivity index is 2.43. The molecule has 0 spiro atoms. The summed E-state index contributed by atoms with van der Waals surface area (Å²) in [5.41, 5.74) is 6.00. The van der Waals surface area contributed by atoms with Gasteiger partial charge in [-0.2, -0.15) is 0 Å². The van der Waals surface area contributed by atoms with Crippen LogP contribution in [-0.2, 0) is 9.59 Å². The highest BCUT2D eigenvalue weighted by Gasteiger charge is 2.32. The summed E-state index contributed by atoms with van der Waals surface area (Å²) in [5.74, 6) is -0.0497. The maximum atomic E-state index is 11.8. The molecule has 0 aromatic carbocycles. The average Bonchev–Trinajstić information content (AvgIpc) is 2.29. The SMILES string of the molecule is CNC(=O)CNC(=O)C1CCCC(C)C1N. The minimum Gasteiger partial charge on any atom is -0.358 e. The molecule has 2 amide bonds. The Morgan fingerprint density at radius 2 is 2.06 bits per heavy atom. The van der Waals surface area contributed by atoms with E-state index in [1.807, 2.05) is 0 Å². The fraction of sp³-hybridized carbons (Fsp3) is 0.818. The molecule has 1 rings (SSSR count). The van der Waals surface area contributed by atoms with Crippen LogP contribution in [0.1, 0.15) is 26.2 Å². The van der Waals surface area contributed by atoms with Crippen LogP contribution in [0.15, 0.2) is 0 Å². The largest absolute Gasteiger partial charge is 0.358 e. The van der Waals surface area contributed by atoms with Gasteiger partial charge in [-0.25, -0.2) is 0 Å². The third kappa shape index (κ3) is 3.20. The van der Waals surface area contributed by atoms with Gasteiger partial charge in [0.15, 0.2) is 0 Å². The lowest BCUT2D eigenvalue weighted by Gasteiger charge is -2.32. The first-order valence-electron chi connectivity index (χ1n) is 5.80. The number of amides is 2. The molecule has 0 saturated heterocycles. The Morgan fingerprint density at radius 1 is 1.38 bits per heavy atom. The van der Waals surface area contributed by atoms with E-state index in [0.717, 1.165) is 19.3 Å². The van der Waals surface area contributed by atoms with E-state index < -0.39 is 0 Å². The summed E-state index contributed by atoms with van der Waals surface area (Å²) in [6, 6.07) is -0.0848. The van der Waals surface area contributed by atoms with Crippen molar-refractivity contribution in [1.29, 1.82) is 0 Å². The molecule has 3 atom stereocenters. The molecular weight excluding hydrogens is 206 g/mol. The van der Waals surface area contributed by atoms with E-state index in [4.69, 9.17) is 5.73 Å². The second-order valence-corrected chi connectivity index (χ2v) is 4.48. The van der Waals surface area contributed by atoms with Crippen LogP contribution in [0.4, 0.5) is 0 Å². The number of nitrogens with one attached hydrogen (secondary N) is 2. The van der Waals surface area contributed by atoms with Crippen molar-refractivity contribution in [3.8, 4) is 0 Å². The molecule has 0 aliphatic heterocycles. The molecule has 4 N–H and O–H groups in total. The minimum absolute atomic E-state index is 0.0347. The molecule has 1 saturated carbocycles. The number of hydrogen-bond donors (Lipinski definition) is 3. The monoisotopic (exact) mass is 227 g/mol. The topological polar surface area (TPSA) is 84.2 Å². The number of carbonyl (C=O) groups is 2. The molecule has 92 valence electrons. The van der Waals surface area contributed by atoms with Gasteiger partial charge in [-0.05, 0) is 18.8 Å². The van der Waals surface area contributed by atoms with Crippen LogP contribution in [0.3, 0.4) is 0 Å². The molecule has 5 nitrogen and oxygen atoms in total. The highest BCUT2D eigenvalue weighted by molar-refractivity contribution is 5.86. The molecule has 3 unspecified atom stereocenters. The predicted octanol–water partition coefficient (Wildman–Crippen LogP) is -0.388. The maximum Gasteiger partial charge on any atom is 0.239 e. The zero-order valence-corrected chi connectivity index (χ0v) is 9.95. The van der Waals surface area contributed by atoms with Gasteiger partial charge in [-0.3, -0.25) is 9.59 Å². The molecule has 0 radical (unpaired) electrons. The van der Waals surface area contributed by atoms with Crippen LogP contribution in [-0.4, -0.2) is 31.4 Å². The van der Waals surface area contributed by atoms with E-state index in [1.54, 1.807) is 7.05 Å². The lowest BCUT2D eigenvalue weighted by Crippen LogP contribution is -2.48. The van der Waals surface area contributed by atoms with E-state index in [2.05, 4.69) is 17.6 Å². The molecule has 1 aliphatic rings. The molecule has 1 fully saturated rings. The van der Waals surface area contributed by atoms with Crippen LogP contribution in [0.25, 0.3) is 0 Å².